The molecule has 0 spiro atoms. The van der Waals surface area contributed by atoms with Crippen molar-refractivity contribution >= 4 is 22.3 Å². The molecule has 0 saturated carbocycles. The minimum absolute atomic E-state index is 0.125. The Morgan fingerprint density at radius 2 is 1.80 bits per heavy atom. The molecular formula is C25H24N4O. The van der Waals surface area contributed by atoms with Gasteiger partial charge in [-0.05, 0) is 42.3 Å². The van der Waals surface area contributed by atoms with E-state index in [1.807, 2.05) is 19.2 Å². The highest BCUT2D eigenvalue weighted by Crippen LogP contribution is 2.33. The molecule has 3 heterocycles. The van der Waals surface area contributed by atoms with Crippen LogP contribution in [-0.4, -0.2) is 28.4 Å². The van der Waals surface area contributed by atoms with E-state index in [-0.39, 0.29) is 5.92 Å². The summed E-state index contributed by atoms with van der Waals surface area (Å²) in [6, 6.07) is 21.0. The molecule has 0 aliphatic carbocycles. The topological polar surface area (TPSA) is 59.9 Å². The summed E-state index contributed by atoms with van der Waals surface area (Å²) in [7, 11) is 0. The molecule has 0 amide bonds. The number of hydrogen-bond acceptors (Lipinski definition) is 5. The zero-order valence-corrected chi connectivity index (χ0v) is 17.2. The van der Waals surface area contributed by atoms with Gasteiger partial charge < -0.3 is 10.1 Å². The van der Waals surface area contributed by atoms with Gasteiger partial charge in [-0.3, -0.25) is 4.98 Å². The number of pyridine rings is 1. The maximum Gasteiger partial charge on any atom is 0.160 e. The summed E-state index contributed by atoms with van der Waals surface area (Å²) in [5.74, 6) is 1.39. The number of fused-ring (bicyclic) bond motifs is 1. The van der Waals surface area contributed by atoms with Gasteiger partial charge in [0.05, 0.1) is 18.9 Å². The van der Waals surface area contributed by atoms with E-state index in [9.17, 15) is 0 Å². The van der Waals surface area contributed by atoms with Gasteiger partial charge in [-0.1, -0.05) is 43.3 Å². The average Bonchev–Trinajstić information content (AvgIpc) is 2.73. The number of aryl methyl sites for hydroxylation is 1. The molecule has 2 aromatic heterocycles. The van der Waals surface area contributed by atoms with Crippen LogP contribution in [0.2, 0.25) is 0 Å². The van der Waals surface area contributed by atoms with Crippen molar-refractivity contribution in [2.24, 2.45) is 0 Å². The van der Waals surface area contributed by atoms with Crippen LogP contribution in [0, 0.1) is 6.92 Å². The fraction of sp³-hybridized carbons (Fsp3) is 0.240. The van der Waals surface area contributed by atoms with Crippen molar-refractivity contribution in [2.45, 2.75) is 25.7 Å². The summed E-state index contributed by atoms with van der Waals surface area (Å²) >= 11 is 0. The molecule has 1 aliphatic rings. The number of nitrogens with one attached hydrogen (secondary N) is 1. The molecule has 1 atom stereocenters. The number of hydrogen-bond donors (Lipinski definition) is 1. The first-order chi connectivity index (χ1) is 14.7. The van der Waals surface area contributed by atoms with E-state index in [2.05, 4.69) is 82.0 Å². The molecule has 1 unspecified atom stereocenters. The predicted molar refractivity (Wildman–Crippen MR) is 119 cm³/mol. The van der Waals surface area contributed by atoms with E-state index in [1.165, 1.54) is 11.1 Å². The fourth-order valence-corrected chi connectivity index (χ4v) is 3.97. The lowest BCUT2D eigenvalue weighted by Crippen LogP contribution is -2.24. The number of anilines is 2. The predicted octanol–water partition coefficient (Wildman–Crippen LogP) is 5.34. The minimum Gasteiger partial charge on any atom is -0.380 e. The Labute approximate surface area is 176 Å². The zero-order chi connectivity index (χ0) is 20.5. The molecular weight excluding hydrogens is 372 g/mol. The Kier molecular flexibility index (Phi) is 4.89. The summed E-state index contributed by atoms with van der Waals surface area (Å²) in [5.41, 5.74) is 5.48. The van der Waals surface area contributed by atoms with Crippen LogP contribution in [0.3, 0.4) is 0 Å². The second-order valence-corrected chi connectivity index (χ2v) is 7.92. The third-order valence-corrected chi connectivity index (χ3v) is 5.81. The molecule has 0 bridgehead atoms. The third kappa shape index (κ3) is 3.53. The number of rotatable bonds is 5. The molecule has 5 rings (SSSR count). The quantitative estimate of drug-likeness (QED) is 0.493. The summed E-state index contributed by atoms with van der Waals surface area (Å²) in [6.07, 6.45) is 1.85. The second kappa shape index (κ2) is 7.84. The van der Waals surface area contributed by atoms with E-state index in [1.54, 1.807) is 0 Å². The summed E-state index contributed by atoms with van der Waals surface area (Å²) < 4.78 is 5.34. The third-order valence-electron chi connectivity index (χ3n) is 5.81. The van der Waals surface area contributed by atoms with Crippen LogP contribution in [-0.2, 0) is 4.74 Å². The maximum absolute atomic E-state index is 5.34. The lowest BCUT2D eigenvalue weighted by Gasteiger charge is -2.26. The van der Waals surface area contributed by atoms with Crippen LogP contribution in [0.4, 0.5) is 11.5 Å². The van der Waals surface area contributed by atoms with Crippen LogP contribution in [0.25, 0.3) is 10.8 Å². The highest BCUT2D eigenvalue weighted by atomic mass is 16.5. The van der Waals surface area contributed by atoms with Crippen molar-refractivity contribution in [2.75, 3.05) is 18.5 Å². The monoisotopic (exact) mass is 396 g/mol. The fourth-order valence-electron chi connectivity index (χ4n) is 3.97. The Bertz CT molecular complexity index is 1200. The molecule has 2 aromatic carbocycles. The van der Waals surface area contributed by atoms with Gasteiger partial charge in [-0.2, -0.15) is 5.10 Å². The first kappa shape index (κ1) is 18.7. The number of benzene rings is 2. The van der Waals surface area contributed by atoms with Gasteiger partial charge in [0.2, 0.25) is 0 Å². The van der Waals surface area contributed by atoms with Gasteiger partial charge in [0, 0.05) is 40.2 Å². The number of aromatic nitrogens is 3. The Morgan fingerprint density at radius 1 is 0.967 bits per heavy atom. The normalized spacial score (nSPS) is 15.0. The Morgan fingerprint density at radius 3 is 2.57 bits per heavy atom. The lowest BCUT2D eigenvalue weighted by molar-refractivity contribution is 0.00845. The molecule has 4 aromatic rings. The van der Waals surface area contributed by atoms with Crippen LogP contribution in [0.5, 0.6) is 0 Å². The van der Waals surface area contributed by atoms with Crippen molar-refractivity contribution in [3.63, 3.8) is 0 Å². The Balaban J connectivity index is 1.51. The van der Waals surface area contributed by atoms with Gasteiger partial charge in [0.15, 0.2) is 5.82 Å². The van der Waals surface area contributed by atoms with E-state index < -0.39 is 0 Å². The van der Waals surface area contributed by atoms with Crippen molar-refractivity contribution in [3.05, 3.63) is 89.4 Å². The van der Waals surface area contributed by atoms with E-state index in [0.29, 0.717) is 5.92 Å². The van der Waals surface area contributed by atoms with Gasteiger partial charge >= 0.3 is 0 Å². The van der Waals surface area contributed by atoms with E-state index >= 15 is 0 Å². The first-order valence-corrected chi connectivity index (χ1v) is 10.3. The van der Waals surface area contributed by atoms with Crippen molar-refractivity contribution < 1.29 is 4.74 Å². The zero-order valence-electron chi connectivity index (χ0n) is 17.2. The van der Waals surface area contributed by atoms with E-state index in [4.69, 9.17) is 4.74 Å². The SMILES string of the molecule is Cc1cc(C(C)c2nnc(Nc3cccc(C4COC4)c3)c3ccccc23)ccn1. The minimum atomic E-state index is 0.125. The van der Waals surface area contributed by atoms with Gasteiger partial charge in [-0.25, -0.2) is 0 Å². The van der Waals surface area contributed by atoms with Crippen LogP contribution in [0.1, 0.15) is 41.3 Å². The van der Waals surface area contributed by atoms with Crippen molar-refractivity contribution in [1.82, 2.24) is 15.2 Å². The second-order valence-electron chi connectivity index (χ2n) is 7.92. The van der Waals surface area contributed by atoms with Crippen LogP contribution in [0.15, 0.2) is 66.9 Å². The van der Waals surface area contributed by atoms with Gasteiger partial charge in [0.1, 0.15) is 0 Å². The summed E-state index contributed by atoms with van der Waals surface area (Å²) in [4.78, 5) is 4.32. The summed E-state index contributed by atoms with van der Waals surface area (Å²) in [6.45, 7) is 5.78. The van der Waals surface area contributed by atoms with E-state index in [0.717, 1.165) is 46.9 Å². The molecule has 150 valence electrons. The smallest absolute Gasteiger partial charge is 0.160 e. The molecule has 1 fully saturated rings. The van der Waals surface area contributed by atoms with Gasteiger partial charge in [-0.15, -0.1) is 5.10 Å². The van der Waals surface area contributed by atoms with Crippen LogP contribution >= 0.6 is 0 Å². The molecule has 1 aliphatic heterocycles. The highest BCUT2D eigenvalue weighted by molar-refractivity contribution is 5.94. The molecule has 30 heavy (non-hydrogen) atoms. The lowest BCUT2D eigenvalue weighted by atomic mass is 9.94. The molecule has 5 nitrogen and oxygen atoms in total. The molecule has 5 heteroatoms. The standard InChI is InChI=1S/C25H24N4O/c1-16-12-18(10-11-26-16)17(2)24-22-8-3-4-9-23(22)25(29-28-24)27-21-7-5-6-19(13-21)20-14-30-15-20/h3-13,17,20H,14-15H2,1-2H3,(H,27,29). The molecule has 0 radical (unpaired) electrons. The largest absolute Gasteiger partial charge is 0.380 e. The number of ether oxygens (including phenoxy) is 1. The van der Waals surface area contributed by atoms with Crippen LogP contribution < -0.4 is 5.32 Å². The maximum atomic E-state index is 5.34. The van der Waals surface area contributed by atoms with Gasteiger partial charge in [0.25, 0.3) is 0 Å². The highest BCUT2D eigenvalue weighted by Gasteiger charge is 2.21. The number of nitrogens with zero attached hydrogens (tertiary/aromatic N) is 3. The molecule has 1 N–H and O–H groups in total. The summed E-state index contributed by atoms with van der Waals surface area (Å²) in [5, 5.41) is 14.9. The molecule has 1 saturated heterocycles. The van der Waals surface area contributed by atoms with Crippen molar-refractivity contribution in [1.29, 1.82) is 0 Å². The average molecular weight is 396 g/mol. The van der Waals surface area contributed by atoms with Crippen molar-refractivity contribution in [3.8, 4) is 0 Å². The first-order valence-electron chi connectivity index (χ1n) is 10.3. The Hall–Kier alpha value is -3.31.